The highest BCUT2D eigenvalue weighted by molar-refractivity contribution is 8.00. The third-order valence-corrected chi connectivity index (χ3v) is 3.01. The van der Waals surface area contributed by atoms with E-state index in [9.17, 15) is 8.78 Å². The van der Waals surface area contributed by atoms with Crippen LogP contribution in [0.25, 0.3) is 0 Å². The van der Waals surface area contributed by atoms with Gasteiger partial charge in [0, 0.05) is 0 Å². The minimum atomic E-state index is -0.826. The SMILES string of the molecule is CSC(C=S)c1ccc(F)c(F)c1. The Labute approximate surface area is 85.3 Å². The second-order valence-electron chi connectivity index (χ2n) is 2.47. The lowest BCUT2D eigenvalue weighted by Crippen LogP contribution is -1.95. The van der Waals surface area contributed by atoms with Gasteiger partial charge in [-0.05, 0) is 29.3 Å². The summed E-state index contributed by atoms with van der Waals surface area (Å²) in [7, 11) is 0. The van der Waals surface area contributed by atoms with Crippen LogP contribution in [-0.2, 0) is 0 Å². The Morgan fingerprint density at radius 3 is 2.54 bits per heavy atom. The third-order valence-electron chi connectivity index (χ3n) is 1.65. The molecule has 1 aromatic rings. The van der Waals surface area contributed by atoms with Crippen molar-refractivity contribution in [2.75, 3.05) is 6.26 Å². The van der Waals surface area contributed by atoms with Crippen molar-refractivity contribution in [2.24, 2.45) is 0 Å². The molecule has 0 fully saturated rings. The molecule has 0 saturated heterocycles. The van der Waals surface area contributed by atoms with E-state index in [1.165, 1.54) is 23.2 Å². The molecule has 0 nitrogen and oxygen atoms in total. The van der Waals surface area contributed by atoms with E-state index in [0.717, 1.165) is 6.07 Å². The van der Waals surface area contributed by atoms with Gasteiger partial charge >= 0.3 is 0 Å². The zero-order chi connectivity index (χ0) is 9.84. The molecule has 0 bridgehead atoms. The maximum Gasteiger partial charge on any atom is 0.159 e. The first-order valence-electron chi connectivity index (χ1n) is 3.62. The maximum absolute atomic E-state index is 12.8. The molecule has 0 spiro atoms. The molecule has 0 radical (unpaired) electrons. The predicted octanol–water partition coefficient (Wildman–Crippen LogP) is 3.37. The largest absolute Gasteiger partial charge is 0.204 e. The standard InChI is InChI=1S/C9H8F2S2/c1-13-9(5-12)6-2-3-7(10)8(11)4-6/h2-5,9H,1H3. The van der Waals surface area contributed by atoms with Crippen LogP contribution in [0.1, 0.15) is 10.8 Å². The minimum absolute atomic E-state index is 0.0508. The summed E-state index contributed by atoms with van der Waals surface area (Å²) in [5.41, 5.74) is 0.696. The molecule has 0 aromatic heterocycles. The minimum Gasteiger partial charge on any atom is -0.204 e. The summed E-state index contributed by atoms with van der Waals surface area (Å²) >= 11 is 6.26. The van der Waals surface area contributed by atoms with Crippen molar-refractivity contribution in [3.05, 3.63) is 35.4 Å². The Morgan fingerprint density at radius 1 is 1.38 bits per heavy atom. The fourth-order valence-electron chi connectivity index (χ4n) is 0.960. The average molecular weight is 218 g/mol. The number of thiocarbonyl (C=S) groups is 1. The molecule has 0 aliphatic rings. The third kappa shape index (κ3) is 2.48. The van der Waals surface area contributed by atoms with Crippen LogP contribution in [0.3, 0.4) is 0 Å². The predicted molar refractivity (Wildman–Crippen MR) is 56.3 cm³/mol. The molecular weight excluding hydrogens is 210 g/mol. The van der Waals surface area contributed by atoms with Gasteiger partial charge in [-0.1, -0.05) is 18.3 Å². The average Bonchev–Trinajstić information content (AvgIpc) is 2.13. The molecule has 1 unspecified atom stereocenters. The summed E-state index contributed by atoms with van der Waals surface area (Å²) in [6.45, 7) is 0. The molecule has 0 saturated carbocycles. The summed E-state index contributed by atoms with van der Waals surface area (Å²) < 4.78 is 25.3. The van der Waals surface area contributed by atoms with Crippen LogP contribution in [-0.4, -0.2) is 11.6 Å². The highest BCUT2D eigenvalue weighted by Gasteiger charge is 2.09. The van der Waals surface area contributed by atoms with E-state index < -0.39 is 11.6 Å². The van der Waals surface area contributed by atoms with Gasteiger partial charge in [0.15, 0.2) is 11.6 Å². The van der Waals surface area contributed by atoms with E-state index in [1.54, 1.807) is 6.07 Å². The number of rotatable bonds is 3. The van der Waals surface area contributed by atoms with E-state index in [4.69, 9.17) is 12.2 Å². The second kappa shape index (κ2) is 4.67. The van der Waals surface area contributed by atoms with Crippen molar-refractivity contribution in [3.63, 3.8) is 0 Å². The van der Waals surface area contributed by atoms with Crippen molar-refractivity contribution in [3.8, 4) is 0 Å². The van der Waals surface area contributed by atoms with Crippen molar-refractivity contribution in [1.29, 1.82) is 0 Å². The quantitative estimate of drug-likeness (QED) is 0.713. The van der Waals surface area contributed by atoms with Gasteiger partial charge in [-0.2, -0.15) is 11.8 Å². The van der Waals surface area contributed by atoms with Crippen molar-refractivity contribution in [1.82, 2.24) is 0 Å². The van der Waals surface area contributed by atoms with Crippen LogP contribution in [0, 0.1) is 11.6 Å². The van der Waals surface area contributed by atoms with Crippen LogP contribution in [0.5, 0.6) is 0 Å². The van der Waals surface area contributed by atoms with Gasteiger partial charge in [-0.15, -0.1) is 0 Å². The van der Waals surface area contributed by atoms with Crippen LogP contribution in [0.15, 0.2) is 18.2 Å². The molecule has 0 aliphatic carbocycles. The summed E-state index contributed by atoms with van der Waals surface area (Å²) in [5, 5.41) is 1.49. The van der Waals surface area contributed by atoms with Gasteiger partial charge in [-0.25, -0.2) is 8.78 Å². The molecule has 1 atom stereocenters. The van der Waals surface area contributed by atoms with Crippen LogP contribution < -0.4 is 0 Å². The molecule has 13 heavy (non-hydrogen) atoms. The lowest BCUT2D eigenvalue weighted by molar-refractivity contribution is 0.507. The lowest BCUT2D eigenvalue weighted by Gasteiger charge is -2.08. The van der Waals surface area contributed by atoms with E-state index in [-0.39, 0.29) is 5.25 Å². The molecule has 1 aromatic carbocycles. The zero-order valence-electron chi connectivity index (χ0n) is 6.96. The Hall–Kier alpha value is -0.480. The summed E-state index contributed by atoms with van der Waals surface area (Å²) in [5.74, 6) is -1.65. The fraction of sp³-hybridized carbons (Fsp3) is 0.222. The van der Waals surface area contributed by atoms with Crippen LogP contribution in [0.2, 0.25) is 0 Å². The van der Waals surface area contributed by atoms with Gasteiger partial charge in [0.1, 0.15) is 0 Å². The van der Waals surface area contributed by atoms with E-state index in [1.807, 2.05) is 6.26 Å². The van der Waals surface area contributed by atoms with Crippen molar-refractivity contribution < 1.29 is 8.78 Å². The van der Waals surface area contributed by atoms with E-state index in [0.29, 0.717) is 5.56 Å². The maximum atomic E-state index is 12.8. The lowest BCUT2D eigenvalue weighted by atomic mass is 10.1. The second-order valence-corrected chi connectivity index (χ2v) is 3.72. The fourth-order valence-corrected chi connectivity index (χ4v) is 1.98. The molecule has 70 valence electrons. The highest BCUT2D eigenvalue weighted by Crippen LogP contribution is 2.25. The normalized spacial score (nSPS) is 12.5. The zero-order valence-corrected chi connectivity index (χ0v) is 8.59. The van der Waals surface area contributed by atoms with E-state index >= 15 is 0 Å². The van der Waals surface area contributed by atoms with Gasteiger partial charge < -0.3 is 0 Å². The topological polar surface area (TPSA) is 0 Å². The smallest absolute Gasteiger partial charge is 0.159 e. The van der Waals surface area contributed by atoms with Gasteiger partial charge in [0.2, 0.25) is 0 Å². The molecule has 4 heteroatoms. The Balaban J connectivity index is 3.01. The Kier molecular flexibility index (Phi) is 3.81. The molecule has 1 rings (SSSR count). The van der Waals surface area contributed by atoms with E-state index in [2.05, 4.69) is 0 Å². The van der Waals surface area contributed by atoms with Crippen LogP contribution in [0.4, 0.5) is 8.78 Å². The Bertz CT molecular complexity index is 312. The summed E-state index contributed by atoms with van der Waals surface area (Å²) in [6.07, 6.45) is 1.87. The monoisotopic (exact) mass is 218 g/mol. The molecular formula is C9H8F2S2. The van der Waals surface area contributed by atoms with Gasteiger partial charge in [-0.3, -0.25) is 0 Å². The number of benzene rings is 1. The van der Waals surface area contributed by atoms with Crippen molar-refractivity contribution >= 4 is 29.3 Å². The number of halogens is 2. The highest BCUT2D eigenvalue weighted by atomic mass is 32.2. The number of thioether (sulfide) groups is 1. The van der Waals surface area contributed by atoms with Crippen LogP contribution >= 0.6 is 24.0 Å². The summed E-state index contributed by atoms with van der Waals surface area (Å²) in [4.78, 5) is 0. The molecule has 0 N–H and O–H groups in total. The first-order valence-corrected chi connectivity index (χ1v) is 5.38. The number of hydrogen-bond acceptors (Lipinski definition) is 2. The first kappa shape index (κ1) is 10.6. The number of hydrogen-bond donors (Lipinski definition) is 0. The van der Waals surface area contributed by atoms with Gasteiger partial charge in [0.05, 0.1) is 5.25 Å². The van der Waals surface area contributed by atoms with Gasteiger partial charge in [0.25, 0.3) is 0 Å². The van der Waals surface area contributed by atoms with Crippen molar-refractivity contribution in [2.45, 2.75) is 5.25 Å². The molecule has 0 amide bonds. The molecule has 0 heterocycles. The Morgan fingerprint density at radius 2 is 2.08 bits per heavy atom. The molecule has 0 aliphatic heterocycles. The summed E-state index contributed by atoms with van der Waals surface area (Å²) in [6, 6.07) is 3.84. The first-order chi connectivity index (χ1) is 6.19.